The van der Waals surface area contributed by atoms with Crippen molar-refractivity contribution in [2.24, 2.45) is 23.7 Å². The molecule has 0 saturated heterocycles. The van der Waals surface area contributed by atoms with Gasteiger partial charge in [0, 0.05) is 0 Å². The van der Waals surface area contributed by atoms with E-state index in [4.69, 9.17) is 0 Å². The standard InChI is InChI=1S/C28H41F/c1-3-5-6-8-21-10-12-25-18-26(19-28(29)27(25)16-21)24-14-13-22-15-20(7-4-2)9-11-23(22)17-24/h4,7,18-24H,3,5-6,8-17H2,1-2H3/b7-4+. The van der Waals surface area contributed by atoms with Crippen LogP contribution in [-0.4, -0.2) is 0 Å². The fourth-order valence-electron chi connectivity index (χ4n) is 6.76. The quantitative estimate of drug-likeness (QED) is 0.334. The topological polar surface area (TPSA) is 0 Å². The second-order valence-electron chi connectivity index (χ2n) is 10.4. The van der Waals surface area contributed by atoms with Crippen molar-refractivity contribution < 1.29 is 4.39 Å². The van der Waals surface area contributed by atoms with Gasteiger partial charge in [0.15, 0.2) is 0 Å². The average molecular weight is 397 g/mol. The molecule has 0 spiro atoms. The number of hydrogen-bond donors (Lipinski definition) is 0. The smallest absolute Gasteiger partial charge is 0.126 e. The minimum atomic E-state index is 0.108. The van der Waals surface area contributed by atoms with Gasteiger partial charge < -0.3 is 0 Å². The first-order valence-electron chi connectivity index (χ1n) is 12.6. The summed E-state index contributed by atoms with van der Waals surface area (Å²) in [6, 6.07) is 4.35. The Labute approximate surface area is 178 Å². The molecule has 160 valence electrons. The molecule has 0 radical (unpaired) electrons. The summed E-state index contributed by atoms with van der Waals surface area (Å²) in [4.78, 5) is 0. The molecule has 5 atom stereocenters. The molecule has 0 aromatic heterocycles. The lowest BCUT2D eigenvalue weighted by molar-refractivity contribution is 0.133. The molecule has 0 aliphatic heterocycles. The second-order valence-corrected chi connectivity index (χ2v) is 10.4. The first kappa shape index (κ1) is 21.1. The Hall–Kier alpha value is -1.11. The van der Waals surface area contributed by atoms with Crippen molar-refractivity contribution in [1.29, 1.82) is 0 Å². The summed E-state index contributed by atoms with van der Waals surface area (Å²) in [5.74, 6) is 4.00. The van der Waals surface area contributed by atoms with Crippen LogP contribution in [-0.2, 0) is 12.8 Å². The zero-order valence-corrected chi connectivity index (χ0v) is 18.8. The third kappa shape index (κ3) is 4.97. The molecule has 0 bridgehead atoms. The number of benzene rings is 1. The van der Waals surface area contributed by atoms with Crippen LogP contribution >= 0.6 is 0 Å². The Morgan fingerprint density at radius 1 is 1.00 bits per heavy atom. The van der Waals surface area contributed by atoms with E-state index < -0.39 is 0 Å². The molecule has 1 aromatic rings. The van der Waals surface area contributed by atoms with E-state index in [1.54, 1.807) is 0 Å². The summed E-state index contributed by atoms with van der Waals surface area (Å²) in [5, 5.41) is 0. The van der Waals surface area contributed by atoms with Gasteiger partial charge in [0.1, 0.15) is 5.82 Å². The van der Waals surface area contributed by atoms with E-state index >= 15 is 4.39 Å². The lowest BCUT2D eigenvalue weighted by Crippen LogP contribution is -2.30. The largest absolute Gasteiger partial charge is 0.207 e. The molecule has 3 aliphatic rings. The van der Waals surface area contributed by atoms with Crippen molar-refractivity contribution in [3.05, 3.63) is 46.8 Å². The minimum absolute atomic E-state index is 0.108. The van der Waals surface area contributed by atoms with Crippen molar-refractivity contribution in [2.75, 3.05) is 0 Å². The predicted octanol–water partition coefficient (Wildman–Crippen LogP) is 8.39. The Kier molecular flexibility index (Phi) is 7.14. The van der Waals surface area contributed by atoms with Gasteiger partial charge in [-0.05, 0) is 117 Å². The normalized spacial score (nSPS) is 32.2. The number of rotatable bonds is 6. The highest BCUT2D eigenvalue weighted by molar-refractivity contribution is 5.37. The SMILES string of the molecule is C/C=C/C1CCC2CC(c3cc(F)c4c(c3)CCC(CCCCC)C4)CCC2C1. The van der Waals surface area contributed by atoms with Gasteiger partial charge >= 0.3 is 0 Å². The Morgan fingerprint density at radius 2 is 1.83 bits per heavy atom. The Balaban J connectivity index is 1.40. The van der Waals surface area contributed by atoms with Gasteiger partial charge in [-0.15, -0.1) is 0 Å². The van der Waals surface area contributed by atoms with Crippen molar-refractivity contribution in [1.82, 2.24) is 0 Å². The summed E-state index contributed by atoms with van der Waals surface area (Å²) >= 11 is 0. The maximum atomic E-state index is 15.1. The molecular weight excluding hydrogens is 355 g/mol. The molecule has 2 saturated carbocycles. The van der Waals surface area contributed by atoms with E-state index in [1.165, 1.54) is 81.8 Å². The molecule has 29 heavy (non-hydrogen) atoms. The van der Waals surface area contributed by atoms with Crippen LogP contribution in [0.15, 0.2) is 24.3 Å². The molecule has 1 heteroatoms. The molecule has 4 rings (SSSR count). The lowest BCUT2D eigenvalue weighted by atomic mass is 9.63. The van der Waals surface area contributed by atoms with Gasteiger partial charge in [0.05, 0.1) is 0 Å². The van der Waals surface area contributed by atoms with Crippen LogP contribution in [0.4, 0.5) is 4.39 Å². The van der Waals surface area contributed by atoms with Crippen molar-refractivity contribution >= 4 is 0 Å². The van der Waals surface area contributed by atoms with E-state index in [0.29, 0.717) is 11.8 Å². The van der Waals surface area contributed by atoms with E-state index in [0.717, 1.165) is 36.2 Å². The number of fused-ring (bicyclic) bond motifs is 2. The maximum absolute atomic E-state index is 15.1. The highest BCUT2D eigenvalue weighted by Gasteiger charge is 2.36. The van der Waals surface area contributed by atoms with Crippen LogP contribution in [0.25, 0.3) is 0 Å². The number of halogens is 1. The third-order valence-corrected chi connectivity index (χ3v) is 8.43. The third-order valence-electron chi connectivity index (χ3n) is 8.43. The minimum Gasteiger partial charge on any atom is -0.207 e. The molecule has 0 nitrogen and oxygen atoms in total. The number of unbranched alkanes of at least 4 members (excludes halogenated alkanes) is 2. The van der Waals surface area contributed by atoms with Crippen LogP contribution in [0.3, 0.4) is 0 Å². The first-order valence-corrected chi connectivity index (χ1v) is 12.6. The second kappa shape index (κ2) is 9.80. The Morgan fingerprint density at radius 3 is 2.66 bits per heavy atom. The van der Waals surface area contributed by atoms with Crippen LogP contribution in [0.1, 0.15) is 107 Å². The van der Waals surface area contributed by atoms with Gasteiger partial charge in [-0.2, -0.15) is 0 Å². The molecule has 0 amide bonds. The van der Waals surface area contributed by atoms with Gasteiger partial charge in [-0.3, -0.25) is 0 Å². The molecule has 0 heterocycles. The summed E-state index contributed by atoms with van der Waals surface area (Å²) in [6.07, 6.45) is 21.2. The van der Waals surface area contributed by atoms with E-state index in [1.807, 2.05) is 6.07 Å². The van der Waals surface area contributed by atoms with Gasteiger partial charge in [0.2, 0.25) is 0 Å². The van der Waals surface area contributed by atoms with Crippen molar-refractivity contribution in [3.63, 3.8) is 0 Å². The first-order chi connectivity index (χ1) is 14.2. The maximum Gasteiger partial charge on any atom is 0.126 e. The van der Waals surface area contributed by atoms with Crippen LogP contribution in [0.2, 0.25) is 0 Å². The van der Waals surface area contributed by atoms with Crippen LogP contribution < -0.4 is 0 Å². The van der Waals surface area contributed by atoms with E-state index in [9.17, 15) is 0 Å². The molecule has 1 aromatic carbocycles. The van der Waals surface area contributed by atoms with Gasteiger partial charge in [-0.25, -0.2) is 4.39 Å². The Bertz CT molecular complexity index is 703. The van der Waals surface area contributed by atoms with Crippen molar-refractivity contribution in [2.45, 2.75) is 103 Å². The van der Waals surface area contributed by atoms with Crippen molar-refractivity contribution in [3.8, 4) is 0 Å². The fourth-order valence-corrected chi connectivity index (χ4v) is 6.76. The molecule has 3 aliphatic carbocycles. The number of hydrogen-bond acceptors (Lipinski definition) is 0. The molecule has 0 N–H and O–H groups in total. The van der Waals surface area contributed by atoms with Crippen LogP contribution in [0, 0.1) is 29.5 Å². The zero-order valence-electron chi connectivity index (χ0n) is 18.8. The molecular formula is C28H41F. The fraction of sp³-hybridized carbons (Fsp3) is 0.714. The molecule has 5 unspecified atom stereocenters. The van der Waals surface area contributed by atoms with E-state index in [-0.39, 0.29) is 5.82 Å². The van der Waals surface area contributed by atoms with Crippen LogP contribution in [0.5, 0.6) is 0 Å². The molecule has 2 fully saturated rings. The number of aryl methyl sites for hydroxylation is 1. The predicted molar refractivity (Wildman–Crippen MR) is 122 cm³/mol. The zero-order chi connectivity index (χ0) is 20.2. The summed E-state index contributed by atoms with van der Waals surface area (Å²) in [7, 11) is 0. The monoisotopic (exact) mass is 396 g/mol. The lowest BCUT2D eigenvalue weighted by Gasteiger charge is -2.42. The highest BCUT2D eigenvalue weighted by atomic mass is 19.1. The number of allylic oxidation sites excluding steroid dienone is 2. The summed E-state index contributed by atoms with van der Waals surface area (Å²) < 4.78 is 15.1. The van der Waals surface area contributed by atoms with Gasteiger partial charge in [-0.1, -0.05) is 50.8 Å². The highest BCUT2D eigenvalue weighted by Crippen LogP contribution is 2.48. The van der Waals surface area contributed by atoms with Gasteiger partial charge in [0.25, 0.3) is 0 Å². The average Bonchev–Trinajstić information content (AvgIpc) is 2.74. The summed E-state index contributed by atoms with van der Waals surface area (Å²) in [5.41, 5.74) is 3.72. The summed E-state index contributed by atoms with van der Waals surface area (Å²) in [6.45, 7) is 4.42. The van der Waals surface area contributed by atoms with E-state index in [2.05, 4.69) is 32.1 Å².